The van der Waals surface area contributed by atoms with Crippen LogP contribution in [0.2, 0.25) is 0 Å². The van der Waals surface area contributed by atoms with Crippen LogP contribution < -0.4 is 3.58 Å². The number of benzene rings is 1. The van der Waals surface area contributed by atoms with Crippen LogP contribution in [-0.4, -0.2) is 27.4 Å². The fourth-order valence-corrected chi connectivity index (χ4v) is 1.41. The molecule has 0 amide bonds. The molecule has 0 saturated heterocycles. The van der Waals surface area contributed by atoms with Gasteiger partial charge in [-0.05, 0) is 0 Å². The van der Waals surface area contributed by atoms with Gasteiger partial charge in [0.1, 0.15) is 0 Å². The fourth-order valence-electron chi connectivity index (χ4n) is 0.633. The second-order valence-electron chi connectivity index (χ2n) is 1.77. The molecule has 0 unspecified atom stereocenters. The van der Waals surface area contributed by atoms with Crippen molar-refractivity contribution in [3.05, 3.63) is 34.4 Å². The van der Waals surface area contributed by atoms with Crippen molar-refractivity contribution in [3.8, 4) is 0 Å². The Balaban J connectivity index is 3.15. The molecule has 1 aromatic rings. The molecule has 0 bridgehead atoms. The van der Waals surface area contributed by atoms with Crippen molar-refractivity contribution in [3.63, 3.8) is 0 Å². The van der Waals surface area contributed by atoms with Gasteiger partial charge in [0.05, 0.1) is 0 Å². The predicted molar refractivity (Wildman–Crippen MR) is 38.5 cm³/mol. The molecule has 0 heterocycles. The first-order valence-electron chi connectivity index (χ1n) is 2.67. The molecule has 3 nitrogen and oxygen atoms in total. The van der Waals surface area contributed by atoms with E-state index in [9.17, 15) is 10.1 Å². The number of nitrogens with zero attached hydrogens (tertiary/aromatic N) is 1. The van der Waals surface area contributed by atoms with E-state index in [2.05, 4.69) is 0 Å². The third kappa shape index (κ3) is 1.47. The van der Waals surface area contributed by atoms with E-state index < -0.39 is 0 Å². The van der Waals surface area contributed by atoms with Gasteiger partial charge in [-0.25, -0.2) is 0 Å². The minimum absolute atomic E-state index is 0.223. The van der Waals surface area contributed by atoms with Crippen molar-refractivity contribution >= 4 is 31.8 Å². The van der Waals surface area contributed by atoms with Crippen molar-refractivity contribution in [1.82, 2.24) is 0 Å². The number of nitro benzene ring substituents is 1. The summed E-state index contributed by atoms with van der Waals surface area (Å²) in [7, 11) is 0. The quantitative estimate of drug-likeness (QED) is 0.405. The van der Waals surface area contributed by atoms with E-state index in [0.29, 0.717) is 0 Å². The number of hydrogen-bond acceptors (Lipinski definition) is 2. The summed E-state index contributed by atoms with van der Waals surface area (Å²) >= 11 is 1.08. The van der Waals surface area contributed by atoms with Gasteiger partial charge in [-0.15, -0.1) is 0 Å². The minimum atomic E-state index is -0.357. The van der Waals surface area contributed by atoms with Crippen LogP contribution in [0.1, 0.15) is 0 Å². The Morgan fingerprint density at radius 2 is 2.00 bits per heavy atom. The van der Waals surface area contributed by atoms with E-state index >= 15 is 0 Å². The van der Waals surface area contributed by atoms with Crippen LogP contribution in [0, 0.1) is 10.1 Å². The van der Waals surface area contributed by atoms with Crippen molar-refractivity contribution in [1.29, 1.82) is 0 Å². The third-order valence-electron chi connectivity index (χ3n) is 1.10. The van der Waals surface area contributed by atoms with Crippen LogP contribution in [0.4, 0.5) is 5.69 Å². The monoisotopic (exact) mass is 242 g/mol. The zero-order valence-electron chi connectivity index (χ0n) is 5.07. The zero-order chi connectivity index (χ0) is 7.56. The fraction of sp³-hybridized carbons (Fsp3) is 0. The molecular formula is C6H4NO2Sn+3. The van der Waals surface area contributed by atoms with Gasteiger partial charge in [0.15, 0.2) is 0 Å². The van der Waals surface area contributed by atoms with Crippen LogP contribution >= 0.6 is 0 Å². The molecule has 0 saturated carbocycles. The van der Waals surface area contributed by atoms with Gasteiger partial charge in [0, 0.05) is 0 Å². The Hall–Kier alpha value is -0.581. The van der Waals surface area contributed by atoms with Gasteiger partial charge in [-0.3, -0.25) is 0 Å². The molecule has 0 aliphatic carbocycles. The normalized spacial score (nSPS) is 9.40. The van der Waals surface area contributed by atoms with Crippen LogP contribution in [0.3, 0.4) is 0 Å². The Bertz CT molecular complexity index is 262. The maximum atomic E-state index is 10.2. The molecule has 0 aliphatic rings. The van der Waals surface area contributed by atoms with E-state index in [0.717, 1.165) is 26.1 Å². The Labute approximate surface area is 71.3 Å². The summed E-state index contributed by atoms with van der Waals surface area (Å²) in [5.74, 6) is 0. The summed E-state index contributed by atoms with van der Waals surface area (Å²) in [5.41, 5.74) is 0.223. The van der Waals surface area contributed by atoms with E-state index in [1.54, 1.807) is 18.2 Å². The third-order valence-corrected chi connectivity index (χ3v) is 2.31. The molecule has 1 rings (SSSR count). The second-order valence-corrected chi connectivity index (χ2v) is 3.31. The van der Waals surface area contributed by atoms with E-state index in [-0.39, 0.29) is 10.6 Å². The molecule has 0 radical (unpaired) electrons. The molecule has 0 atom stereocenters. The van der Waals surface area contributed by atoms with E-state index in [4.69, 9.17) is 0 Å². The summed E-state index contributed by atoms with van der Waals surface area (Å²) in [5, 5.41) is 10.2. The number of para-hydroxylation sites is 1. The Morgan fingerprint density at radius 1 is 1.40 bits per heavy atom. The number of rotatable bonds is 1. The summed E-state index contributed by atoms with van der Waals surface area (Å²) in [6.07, 6.45) is 0. The summed E-state index contributed by atoms with van der Waals surface area (Å²) < 4.78 is 0.791. The van der Waals surface area contributed by atoms with Gasteiger partial charge < -0.3 is 0 Å². The molecular weight excluding hydrogens is 237 g/mol. The first-order chi connectivity index (χ1) is 4.72. The Kier molecular flexibility index (Phi) is 2.26. The molecule has 10 heavy (non-hydrogen) atoms. The topological polar surface area (TPSA) is 43.1 Å². The number of hydrogen-bond donors (Lipinski definition) is 0. The second kappa shape index (κ2) is 3.00. The molecule has 46 valence electrons. The van der Waals surface area contributed by atoms with Crippen LogP contribution in [-0.2, 0) is 0 Å². The molecule has 4 heteroatoms. The summed E-state index contributed by atoms with van der Waals surface area (Å²) in [4.78, 5) is 9.88. The molecule has 1 aromatic carbocycles. The van der Waals surface area contributed by atoms with Crippen LogP contribution in [0.5, 0.6) is 0 Å². The van der Waals surface area contributed by atoms with Crippen molar-refractivity contribution in [2.45, 2.75) is 0 Å². The molecule has 0 N–H and O–H groups in total. The van der Waals surface area contributed by atoms with Crippen molar-refractivity contribution in [2.75, 3.05) is 0 Å². The van der Waals surface area contributed by atoms with Gasteiger partial charge >= 0.3 is 71.1 Å². The summed E-state index contributed by atoms with van der Waals surface area (Å²) in [6.45, 7) is 0. The predicted octanol–water partition coefficient (Wildman–Crippen LogP) is 0.389. The van der Waals surface area contributed by atoms with Gasteiger partial charge in [0.25, 0.3) is 0 Å². The van der Waals surface area contributed by atoms with Crippen LogP contribution in [0.25, 0.3) is 0 Å². The molecule has 0 fully saturated rings. The average molecular weight is 241 g/mol. The average Bonchev–Trinajstić information content (AvgIpc) is 1.88. The van der Waals surface area contributed by atoms with E-state index in [1.165, 1.54) is 6.07 Å². The van der Waals surface area contributed by atoms with Gasteiger partial charge in [-0.2, -0.15) is 0 Å². The molecule has 0 spiro atoms. The van der Waals surface area contributed by atoms with Crippen molar-refractivity contribution < 1.29 is 4.92 Å². The van der Waals surface area contributed by atoms with Crippen molar-refractivity contribution in [2.24, 2.45) is 0 Å². The molecule has 0 aliphatic heterocycles. The summed E-state index contributed by atoms with van der Waals surface area (Å²) in [6, 6.07) is 6.75. The first-order valence-corrected chi connectivity index (χ1v) is 4.09. The van der Waals surface area contributed by atoms with E-state index in [1.807, 2.05) is 0 Å². The number of nitro groups is 1. The zero-order valence-corrected chi connectivity index (χ0v) is 7.93. The maximum absolute atomic E-state index is 10.2. The first kappa shape index (κ1) is 7.52. The van der Waals surface area contributed by atoms with Gasteiger partial charge in [0.2, 0.25) is 0 Å². The SMILES string of the molecule is O=[N+]([O-])c1cccc[c]1[Sn+3]. The standard InChI is InChI=1S/C6H4NO2.Sn/c8-7(9)6-4-2-1-3-5-6;/h1-4H;/q;+3. The molecule has 0 aromatic heterocycles. The van der Waals surface area contributed by atoms with Crippen LogP contribution in [0.15, 0.2) is 24.3 Å². The Morgan fingerprint density at radius 3 is 2.40 bits per heavy atom. The van der Waals surface area contributed by atoms with Gasteiger partial charge in [-0.1, -0.05) is 0 Å².